The Bertz CT molecular complexity index is 2440. The fraction of sp³-hybridized carbons (Fsp3) is 0.367. The number of esters is 4. The van der Waals surface area contributed by atoms with Gasteiger partial charge in [0.2, 0.25) is 0 Å². The highest BCUT2D eigenvalue weighted by Gasteiger charge is 2.12. The molecule has 0 heterocycles. The average Bonchev–Trinajstić information content (AvgIpc) is 3.42. The van der Waals surface area contributed by atoms with Crippen molar-refractivity contribution in [2.75, 3.05) is 26.4 Å². The van der Waals surface area contributed by atoms with E-state index < -0.39 is 17.8 Å². The molecule has 5 aromatic rings. The number of ether oxygens (including phenoxy) is 6. The lowest BCUT2D eigenvalue weighted by molar-refractivity contribution is -0.138. The minimum absolute atomic E-state index is 0.178. The summed E-state index contributed by atoms with van der Waals surface area (Å²) in [6, 6.07) is 30.1. The van der Waals surface area contributed by atoms with Gasteiger partial charge in [-0.25, -0.2) is 28.0 Å². The first-order valence-electron chi connectivity index (χ1n) is 25.2. The molecular formula is C60H70F2I2O10. The molecule has 0 aromatic heterocycles. The second kappa shape index (κ2) is 38.0. The van der Waals surface area contributed by atoms with Crippen LogP contribution in [0.5, 0.6) is 23.0 Å². The van der Waals surface area contributed by atoms with Gasteiger partial charge in [-0.3, -0.25) is 0 Å². The van der Waals surface area contributed by atoms with Gasteiger partial charge in [-0.2, -0.15) is 0 Å². The van der Waals surface area contributed by atoms with Crippen LogP contribution in [0.2, 0.25) is 0 Å². The van der Waals surface area contributed by atoms with E-state index in [2.05, 4.69) is 50.4 Å². The molecule has 0 bridgehead atoms. The maximum atomic E-state index is 13.9. The Labute approximate surface area is 459 Å². The largest absolute Gasteiger partial charge is 0.494 e. The highest BCUT2D eigenvalue weighted by Crippen LogP contribution is 2.26. The van der Waals surface area contributed by atoms with Gasteiger partial charge < -0.3 is 28.4 Å². The SMILES string of the molecule is C=CC(=O)OCCCCCCCCCCOc1ccc(C(=O)Oc2ccc(-c3ccc(C)c(F)c3)cc2)cc1.C=CC(=O)OCCCCCCCCCCOc1ccc(C(=O)Oc2ccc(C)c(F)c2)cc1.II. The molecule has 0 spiro atoms. The average molecular weight is 1240 g/mol. The summed E-state index contributed by atoms with van der Waals surface area (Å²) >= 11 is 4.24. The summed E-state index contributed by atoms with van der Waals surface area (Å²) < 4.78 is 59.6. The van der Waals surface area contributed by atoms with Crippen LogP contribution in [0.25, 0.3) is 11.1 Å². The Morgan fingerprint density at radius 1 is 0.419 bits per heavy atom. The third-order valence-corrected chi connectivity index (χ3v) is 11.5. The van der Waals surface area contributed by atoms with Gasteiger partial charge >= 0.3 is 23.9 Å². The molecule has 10 nitrogen and oxygen atoms in total. The second-order valence-electron chi connectivity index (χ2n) is 17.3. The molecule has 74 heavy (non-hydrogen) atoms. The zero-order chi connectivity index (χ0) is 53.8. The van der Waals surface area contributed by atoms with Crippen LogP contribution in [-0.4, -0.2) is 50.3 Å². The van der Waals surface area contributed by atoms with E-state index in [0.29, 0.717) is 60.2 Å². The molecule has 5 aromatic carbocycles. The van der Waals surface area contributed by atoms with Gasteiger partial charge in [0.05, 0.1) is 37.6 Å². The molecule has 0 aliphatic carbocycles. The predicted octanol–water partition coefficient (Wildman–Crippen LogP) is 16.6. The second-order valence-corrected chi connectivity index (χ2v) is 17.3. The minimum Gasteiger partial charge on any atom is -0.494 e. The van der Waals surface area contributed by atoms with E-state index in [9.17, 15) is 28.0 Å². The number of rotatable bonds is 31. The van der Waals surface area contributed by atoms with Gasteiger partial charge in [0, 0.05) is 55.5 Å². The molecule has 0 N–H and O–H groups in total. The third-order valence-electron chi connectivity index (χ3n) is 11.5. The van der Waals surface area contributed by atoms with Crippen LogP contribution >= 0.6 is 37.2 Å². The van der Waals surface area contributed by atoms with Crippen molar-refractivity contribution in [1.29, 1.82) is 0 Å². The van der Waals surface area contributed by atoms with Crippen molar-refractivity contribution >= 4 is 61.1 Å². The summed E-state index contributed by atoms with van der Waals surface area (Å²) in [5, 5.41) is 0. The number of halogens is 4. The first kappa shape index (κ1) is 62.7. The van der Waals surface area contributed by atoms with Crippen LogP contribution in [-0.2, 0) is 19.1 Å². The summed E-state index contributed by atoms with van der Waals surface area (Å²) in [4.78, 5) is 46.6. The summed E-state index contributed by atoms with van der Waals surface area (Å²) in [5.41, 5.74) is 3.52. The standard InChI is InChI=1S/C33H37FO5.C27H33FO5.I2/c1-3-32(35)38-23-11-9-7-5-4-6-8-10-22-37-29-18-16-27(17-19-29)33(36)39-30-20-14-26(15-21-30)28-13-12-25(2)31(34)24-28;1-3-26(29)32-19-11-9-7-5-4-6-8-10-18-31-23-16-13-22(14-17-23)27(30)33-24-15-12-21(2)25(28)20-24;1-2/h3,12-21,24H,1,4-11,22-23H2,2H3;3,12-17,20H,1,4-11,18-19H2,2H3;. The van der Waals surface area contributed by atoms with Gasteiger partial charge in [-0.1, -0.05) is 121 Å². The molecule has 0 saturated heterocycles. The van der Waals surface area contributed by atoms with Gasteiger partial charge in [0.25, 0.3) is 0 Å². The van der Waals surface area contributed by atoms with Crippen LogP contribution in [0.1, 0.15) is 135 Å². The normalized spacial score (nSPS) is 10.4. The summed E-state index contributed by atoms with van der Waals surface area (Å²) in [5.74, 6) is -0.337. The van der Waals surface area contributed by atoms with Crippen LogP contribution in [0, 0.1) is 25.5 Å². The molecule has 0 radical (unpaired) electrons. The lowest BCUT2D eigenvalue weighted by atomic mass is 10.0. The fourth-order valence-corrected chi connectivity index (χ4v) is 7.20. The van der Waals surface area contributed by atoms with E-state index in [-0.39, 0.29) is 23.5 Å². The highest BCUT2D eigenvalue weighted by molar-refractivity contribution is 15.0. The van der Waals surface area contributed by atoms with Crippen molar-refractivity contribution in [2.45, 2.75) is 117 Å². The van der Waals surface area contributed by atoms with E-state index in [1.165, 1.54) is 62.8 Å². The van der Waals surface area contributed by atoms with Crippen molar-refractivity contribution in [3.05, 3.63) is 168 Å². The number of carbonyl (C=O) groups excluding carboxylic acids is 4. The first-order chi connectivity index (χ1) is 35.9. The summed E-state index contributed by atoms with van der Waals surface area (Å²) in [6.07, 6.45) is 19.9. The molecular weight excluding hydrogens is 1170 g/mol. The fourth-order valence-electron chi connectivity index (χ4n) is 7.20. The Hall–Kier alpha value is -5.62. The monoisotopic (exact) mass is 1240 g/mol. The van der Waals surface area contributed by atoms with Crippen molar-refractivity contribution in [3.63, 3.8) is 0 Å². The molecule has 0 amide bonds. The van der Waals surface area contributed by atoms with Crippen LogP contribution in [0.3, 0.4) is 0 Å². The predicted molar refractivity (Wildman–Crippen MR) is 306 cm³/mol. The van der Waals surface area contributed by atoms with Gasteiger partial charge in [-0.15, -0.1) is 0 Å². The maximum Gasteiger partial charge on any atom is 0.343 e. The van der Waals surface area contributed by atoms with Crippen molar-refractivity contribution < 1.29 is 56.4 Å². The topological polar surface area (TPSA) is 124 Å². The Morgan fingerprint density at radius 2 is 0.743 bits per heavy atom. The number of hydrogen-bond acceptors (Lipinski definition) is 10. The van der Waals surface area contributed by atoms with Gasteiger partial charge in [0.15, 0.2) is 0 Å². The Kier molecular flexibility index (Phi) is 32.2. The molecule has 5 rings (SSSR count). The Balaban J connectivity index is 0.000000383. The number of hydrogen-bond donors (Lipinski definition) is 0. The first-order valence-corrected chi connectivity index (χ1v) is 31.5. The molecule has 0 unspecified atom stereocenters. The molecule has 0 saturated carbocycles. The highest BCUT2D eigenvalue weighted by atomic mass is 128. The van der Waals surface area contributed by atoms with Crippen LogP contribution in [0.4, 0.5) is 8.78 Å². The van der Waals surface area contributed by atoms with Crippen molar-refractivity contribution in [1.82, 2.24) is 0 Å². The summed E-state index contributed by atoms with van der Waals surface area (Å²) in [7, 11) is 0. The molecule has 0 aliphatic rings. The maximum absolute atomic E-state index is 13.9. The lowest BCUT2D eigenvalue weighted by Gasteiger charge is -2.09. The van der Waals surface area contributed by atoms with Crippen LogP contribution < -0.4 is 18.9 Å². The minimum atomic E-state index is -0.539. The van der Waals surface area contributed by atoms with Gasteiger partial charge in [-0.05, 0) is 135 Å². The van der Waals surface area contributed by atoms with E-state index in [1.807, 2.05) is 6.07 Å². The summed E-state index contributed by atoms with van der Waals surface area (Å²) in [6.45, 7) is 12.3. The van der Waals surface area contributed by atoms with E-state index in [0.717, 1.165) is 81.1 Å². The lowest BCUT2D eigenvalue weighted by Crippen LogP contribution is -2.08. The smallest absolute Gasteiger partial charge is 0.343 e. The van der Waals surface area contributed by atoms with Crippen molar-refractivity contribution in [2.24, 2.45) is 0 Å². The molecule has 14 heteroatoms. The number of carbonyl (C=O) groups is 4. The quantitative estimate of drug-likeness (QED) is 0.0139. The van der Waals surface area contributed by atoms with Crippen molar-refractivity contribution in [3.8, 4) is 34.1 Å². The zero-order valence-corrected chi connectivity index (χ0v) is 47.0. The number of aryl methyl sites for hydroxylation is 2. The zero-order valence-electron chi connectivity index (χ0n) is 42.7. The molecule has 398 valence electrons. The van der Waals surface area contributed by atoms with E-state index in [1.54, 1.807) is 105 Å². The third kappa shape index (κ3) is 26.0. The van der Waals surface area contributed by atoms with Crippen LogP contribution in [0.15, 0.2) is 135 Å². The van der Waals surface area contributed by atoms with E-state index >= 15 is 0 Å². The Morgan fingerprint density at radius 3 is 1.14 bits per heavy atom. The molecule has 0 aliphatic heterocycles. The van der Waals surface area contributed by atoms with Gasteiger partial charge in [0.1, 0.15) is 34.6 Å². The molecule has 0 atom stereocenters. The van der Waals surface area contributed by atoms with E-state index in [4.69, 9.17) is 28.4 Å². The number of unbranched alkanes of at least 4 members (excludes halogenated alkanes) is 14. The number of benzene rings is 5. The molecule has 0 fully saturated rings.